The van der Waals surface area contributed by atoms with Crippen molar-refractivity contribution >= 4 is 12.4 Å². The third kappa shape index (κ3) is 2.21. The summed E-state index contributed by atoms with van der Waals surface area (Å²) in [5.74, 6) is 2.16. The van der Waals surface area contributed by atoms with Gasteiger partial charge in [-0.25, -0.2) is 0 Å². The van der Waals surface area contributed by atoms with Gasteiger partial charge in [0.25, 0.3) is 0 Å². The Hall–Kier alpha value is -0.650. The summed E-state index contributed by atoms with van der Waals surface area (Å²) >= 11 is 0. The number of hydrogen-bond acceptors (Lipinski definition) is 5. The molecule has 2 fully saturated rings. The molecule has 0 radical (unpaired) electrons. The fourth-order valence-corrected chi connectivity index (χ4v) is 1.97. The van der Waals surface area contributed by atoms with E-state index < -0.39 is 0 Å². The summed E-state index contributed by atoms with van der Waals surface area (Å²) in [5, 5.41) is 7.33. The van der Waals surface area contributed by atoms with Crippen LogP contribution in [0.4, 0.5) is 0 Å². The van der Waals surface area contributed by atoms with Crippen LogP contribution in [0.3, 0.4) is 0 Å². The zero-order chi connectivity index (χ0) is 10.3. The maximum Gasteiger partial charge on any atom is 0.243 e. The molecule has 2 aliphatic rings. The van der Waals surface area contributed by atoms with E-state index >= 15 is 0 Å². The molecule has 1 aromatic rings. The predicted octanol–water partition coefficient (Wildman–Crippen LogP) is 1.42. The van der Waals surface area contributed by atoms with Crippen molar-refractivity contribution in [3.8, 4) is 0 Å². The lowest BCUT2D eigenvalue weighted by Crippen LogP contribution is -2.16. The molecule has 0 spiro atoms. The third-order valence-electron chi connectivity index (χ3n) is 3.12. The highest BCUT2D eigenvalue weighted by Crippen LogP contribution is 2.38. The summed E-state index contributed by atoms with van der Waals surface area (Å²) in [5.41, 5.74) is 0. The second kappa shape index (κ2) is 4.69. The summed E-state index contributed by atoms with van der Waals surface area (Å²) in [6.07, 6.45) is 3.60. The standard InChI is InChI=1S/C10H15N3O2.ClH/c1-14-7-4-8(11-5-7)10-12-9(13-15-10)6-2-3-6;/h6-8,11H,2-5H2,1H3;1H. The zero-order valence-corrected chi connectivity index (χ0v) is 10.00. The molecule has 1 N–H and O–H groups in total. The molecule has 1 aliphatic heterocycles. The van der Waals surface area contributed by atoms with E-state index in [2.05, 4.69) is 15.5 Å². The van der Waals surface area contributed by atoms with Crippen molar-refractivity contribution in [2.75, 3.05) is 13.7 Å². The second-order valence-electron chi connectivity index (χ2n) is 4.32. The number of nitrogens with one attached hydrogen (secondary N) is 1. The van der Waals surface area contributed by atoms with Crippen LogP contribution < -0.4 is 5.32 Å². The van der Waals surface area contributed by atoms with Crippen LogP contribution in [0.2, 0.25) is 0 Å². The molecule has 0 bridgehead atoms. The molecule has 5 nitrogen and oxygen atoms in total. The quantitative estimate of drug-likeness (QED) is 0.873. The van der Waals surface area contributed by atoms with E-state index in [1.807, 2.05) is 0 Å². The zero-order valence-electron chi connectivity index (χ0n) is 9.18. The van der Waals surface area contributed by atoms with E-state index in [0.29, 0.717) is 5.92 Å². The van der Waals surface area contributed by atoms with Crippen molar-refractivity contribution in [1.29, 1.82) is 0 Å². The van der Waals surface area contributed by atoms with Crippen molar-refractivity contribution in [2.24, 2.45) is 0 Å². The summed E-state index contributed by atoms with van der Waals surface area (Å²) in [4.78, 5) is 4.43. The van der Waals surface area contributed by atoms with Gasteiger partial charge in [-0.2, -0.15) is 4.98 Å². The number of methoxy groups -OCH3 is 1. The van der Waals surface area contributed by atoms with Crippen LogP contribution in [-0.4, -0.2) is 29.9 Å². The molecule has 1 aromatic heterocycles. The highest BCUT2D eigenvalue weighted by Gasteiger charge is 2.33. The molecular formula is C10H16ClN3O2. The van der Waals surface area contributed by atoms with Gasteiger partial charge in [0.1, 0.15) is 0 Å². The third-order valence-corrected chi connectivity index (χ3v) is 3.12. The number of aromatic nitrogens is 2. The van der Waals surface area contributed by atoms with E-state index in [4.69, 9.17) is 9.26 Å². The van der Waals surface area contributed by atoms with Crippen LogP contribution in [0.1, 0.15) is 42.9 Å². The van der Waals surface area contributed by atoms with E-state index in [1.54, 1.807) is 7.11 Å². The number of halogens is 1. The Bertz CT molecular complexity index is 354. The van der Waals surface area contributed by atoms with Crippen molar-refractivity contribution < 1.29 is 9.26 Å². The van der Waals surface area contributed by atoms with E-state index in [-0.39, 0.29) is 24.6 Å². The van der Waals surface area contributed by atoms with Crippen molar-refractivity contribution in [3.63, 3.8) is 0 Å². The Kier molecular flexibility index (Phi) is 3.47. The minimum atomic E-state index is 0. The van der Waals surface area contributed by atoms with Gasteiger partial charge in [0.05, 0.1) is 12.1 Å². The molecule has 0 amide bonds. The largest absolute Gasteiger partial charge is 0.380 e. The molecule has 1 aliphatic carbocycles. The molecule has 2 heterocycles. The molecule has 6 heteroatoms. The molecule has 2 unspecified atom stereocenters. The number of nitrogens with zero attached hydrogens (tertiary/aromatic N) is 2. The van der Waals surface area contributed by atoms with Crippen molar-refractivity contribution in [2.45, 2.75) is 37.3 Å². The Morgan fingerprint density at radius 1 is 1.44 bits per heavy atom. The number of hydrogen-bond donors (Lipinski definition) is 1. The van der Waals surface area contributed by atoms with Crippen molar-refractivity contribution in [1.82, 2.24) is 15.5 Å². The molecule has 1 saturated heterocycles. The summed E-state index contributed by atoms with van der Waals surface area (Å²) in [6, 6.07) is 0.176. The first-order chi connectivity index (χ1) is 7.36. The lowest BCUT2D eigenvalue weighted by atomic mass is 10.2. The molecule has 16 heavy (non-hydrogen) atoms. The second-order valence-corrected chi connectivity index (χ2v) is 4.32. The number of rotatable bonds is 3. The minimum Gasteiger partial charge on any atom is -0.380 e. The van der Waals surface area contributed by atoms with Gasteiger partial charge in [-0.3, -0.25) is 0 Å². The first-order valence-corrected chi connectivity index (χ1v) is 5.46. The Morgan fingerprint density at radius 3 is 2.88 bits per heavy atom. The van der Waals surface area contributed by atoms with Gasteiger partial charge in [-0.1, -0.05) is 5.16 Å². The van der Waals surface area contributed by atoms with Crippen LogP contribution >= 0.6 is 12.4 Å². The van der Waals surface area contributed by atoms with Gasteiger partial charge in [-0.05, 0) is 19.3 Å². The maximum atomic E-state index is 5.28. The highest BCUT2D eigenvalue weighted by atomic mass is 35.5. The van der Waals surface area contributed by atoms with Gasteiger partial charge in [0.15, 0.2) is 5.82 Å². The summed E-state index contributed by atoms with van der Waals surface area (Å²) in [7, 11) is 1.73. The average molecular weight is 246 g/mol. The van der Waals surface area contributed by atoms with Gasteiger partial charge >= 0.3 is 0 Å². The molecule has 0 aromatic carbocycles. The summed E-state index contributed by atoms with van der Waals surface area (Å²) in [6.45, 7) is 0.863. The Morgan fingerprint density at radius 2 is 2.25 bits per heavy atom. The topological polar surface area (TPSA) is 60.2 Å². The Balaban J connectivity index is 0.000000963. The molecule has 1 saturated carbocycles. The lowest BCUT2D eigenvalue weighted by molar-refractivity contribution is 0.116. The normalized spacial score (nSPS) is 29.1. The first-order valence-electron chi connectivity index (χ1n) is 5.46. The minimum absolute atomic E-state index is 0. The number of ether oxygens (including phenoxy) is 1. The SMILES string of the molecule is COC1CNC(c2nc(C3CC3)no2)C1.Cl. The molecule has 2 atom stereocenters. The average Bonchev–Trinajstić information content (AvgIpc) is 2.84. The summed E-state index contributed by atoms with van der Waals surface area (Å²) < 4.78 is 10.5. The van der Waals surface area contributed by atoms with E-state index in [1.165, 1.54) is 12.8 Å². The molecule has 90 valence electrons. The first kappa shape index (κ1) is 11.8. The molecule has 3 rings (SSSR count). The smallest absolute Gasteiger partial charge is 0.243 e. The fraction of sp³-hybridized carbons (Fsp3) is 0.800. The van der Waals surface area contributed by atoms with Crippen LogP contribution in [-0.2, 0) is 4.74 Å². The van der Waals surface area contributed by atoms with Gasteiger partial charge in [-0.15, -0.1) is 12.4 Å². The predicted molar refractivity (Wildman–Crippen MR) is 59.7 cm³/mol. The Labute approximate surface area is 100 Å². The van der Waals surface area contributed by atoms with Crippen LogP contribution in [0.15, 0.2) is 4.52 Å². The van der Waals surface area contributed by atoms with Gasteiger partial charge < -0.3 is 14.6 Å². The van der Waals surface area contributed by atoms with Crippen LogP contribution in [0.25, 0.3) is 0 Å². The fourth-order valence-electron chi connectivity index (χ4n) is 1.97. The van der Waals surface area contributed by atoms with Gasteiger partial charge in [0, 0.05) is 19.6 Å². The van der Waals surface area contributed by atoms with Gasteiger partial charge in [0.2, 0.25) is 5.89 Å². The molecular weight excluding hydrogens is 230 g/mol. The van der Waals surface area contributed by atoms with E-state index in [0.717, 1.165) is 24.7 Å². The van der Waals surface area contributed by atoms with Crippen LogP contribution in [0.5, 0.6) is 0 Å². The van der Waals surface area contributed by atoms with E-state index in [9.17, 15) is 0 Å². The lowest BCUT2D eigenvalue weighted by Gasteiger charge is -2.04. The van der Waals surface area contributed by atoms with Crippen molar-refractivity contribution in [3.05, 3.63) is 11.7 Å². The van der Waals surface area contributed by atoms with Crippen LogP contribution in [0, 0.1) is 0 Å². The highest BCUT2D eigenvalue weighted by molar-refractivity contribution is 5.85. The monoisotopic (exact) mass is 245 g/mol. The maximum absolute atomic E-state index is 5.28.